The zero-order chi connectivity index (χ0) is 13.2. The summed E-state index contributed by atoms with van der Waals surface area (Å²) in [5.41, 5.74) is 3.11. The molecule has 0 amide bonds. The highest BCUT2D eigenvalue weighted by atomic mass is 16.5. The van der Waals surface area contributed by atoms with Crippen molar-refractivity contribution in [3.05, 3.63) is 6.20 Å². The van der Waals surface area contributed by atoms with E-state index in [9.17, 15) is 0 Å². The molecular formula is C11H17N7O. The summed E-state index contributed by atoms with van der Waals surface area (Å²) in [6, 6.07) is 0.265. The average molecular weight is 263 g/mol. The van der Waals surface area contributed by atoms with Gasteiger partial charge < -0.3 is 10.1 Å². The van der Waals surface area contributed by atoms with Crippen LogP contribution in [0.3, 0.4) is 0 Å². The highest BCUT2D eigenvalue weighted by Crippen LogP contribution is 2.24. The molecule has 2 unspecified atom stereocenters. The van der Waals surface area contributed by atoms with Crippen molar-refractivity contribution in [1.82, 2.24) is 20.2 Å². The smallest absolute Gasteiger partial charge is 0.241 e. The zero-order valence-electron chi connectivity index (χ0n) is 10.7. The molecule has 1 aliphatic heterocycles. The monoisotopic (exact) mass is 263 g/mol. The average Bonchev–Trinajstić information content (AvgIpc) is 3.09. The number of nitrogens with one attached hydrogen (secondary N) is 3. The molecule has 2 atom stereocenters. The van der Waals surface area contributed by atoms with Gasteiger partial charge in [0.05, 0.1) is 18.2 Å². The minimum Gasteiger partial charge on any atom is -0.381 e. The Bertz CT molecular complexity index is 563. The lowest BCUT2D eigenvalue weighted by molar-refractivity contribution is 0.183. The van der Waals surface area contributed by atoms with E-state index in [4.69, 9.17) is 10.6 Å². The molecule has 8 heteroatoms. The molecule has 0 aliphatic carbocycles. The number of aromatic nitrogens is 4. The van der Waals surface area contributed by atoms with Crippen molar-refractivity contribution in [3.63, 3.8) is 0 Å². The van der Waals surface area contributed by atoms with Gasteiger partial charge in [-0.25, -0.2) is 5.84 Å². The van der Waals surface area contributed by atoms with Gasteiger partial charge >= 0.3 is 0 Å². The number of aromatic amines is 1. The van der Waals surface area contributed by atoms with Crippen molar-refractivity contribution in [2.45, 2.75) is 19.4 Å². The molecule has 5 N–H and O–H groups in total. The number of hydrazine groups is 1. The summed E-state index contributed by atoms with van der Waals surface area (Å²) in [6.45, 7) is 3.75. The molecule has 1 fully saturated rings. The molecule has 1 saturated heterocycles. The van der Waals surface area contributed by atoms with Gasteiger partial charge in [-0.2, -0.15) is 15.1 Å². The Labute approximate surface area is 110 Å². The highest BCUT2D eigenvalue weighted by Gasteiger charge is 2.23. The fourth-order valence-electron chi connectivity index (χ4n) is 2.29. The van der Waals surface area contributed by atoms with Crippen molar-refractivity contribution in [2.24, 2.45) is 11.8 Å². The molecular weight excluding hydrogens is 246 g/mol. The van der Waals surface area contributed by atoms with Crippen LogP contribution in [0, 0.1) is 5.92 Å². The molecule has 1 aliphatic rings. The number of nitrogens with two attached hydrogens (primary N) is 1. The van der Waals surface area contributed by atoms with Crippen molar-refractivity contribution < 1.29 is 4.74 Å². The Kier molecular flexibility index (Phi) is 3.18. The second-order valence-electron chi connectivity index (χ2n) is 4.73. The number of rotatable bonds is 4. The van der Waals surface area contributed by atoms with Crippen molar-refractivity contribution >= 4 is 22.8 Å². The van der Waals surface area contributed by atoms with E-state index in [0.29, 0.717) is 17.5 Å². The SMILES string of the molecule is CC(Nc1nc(NN)nc2[nH]ncc12)C1CCOC1. The summed E-state index contributed by atoms with van der Waals surface area (Å²) in [7, 11) is 0. The quantitative estimate of drug-likeness (QED) is 0.468. The van der Waals surface area contributed by atoms with E-state index >= 15 is 0 Å². The number of nitrogens with zero attached hydrogens (tertiary/aromatic N) is 3. The molecule has 0 radical (unpaired) electrons. The van der Waals surface area contributed by atoms with Crippen LogP contribution in [0.5, 0.6) is 0 Å². The van der Waals surface area contributed by atoms with Crippen LogP contribution in [0.2, 0.25) is 0 Å². The fourth-order valence-corrected chi connectivity index (χ4v) is 2.29. The third-order valence-electron chi connectivity index (χ3n) is 3.48. The number of H-pyrrole nitrogens is 1. The third-order valence-corrected chi connectivity index (χ3v) is 3.48. The van der Waals surface area contributed by atoms with Gasteiger partial charge in [-0.05, 0) is 13.3 Å². The lowest BCUT2D eigenvalue weighted by atomic mass is 10.0. The molecule has 3 rings (SSSR count). The first kappa shape index (κ1) is 12.1. The van der Waals surface area contributed by atoms with Crippen molar-refractivity contribution in [1.29, 1.82) is 0 Å². The molecule has 0 saturated carbocycles. The molecule has 2 aromatic rings. The van der Waals surface area contributed by atoms with Crippen LogP contribution < -0.4 is 16.6 Å². The Morgan fingerprint density at radius 1 is 1.53 bits per heavy atom. The summed E-state index contributed by atoms with van der Waals surface area (Å²) < 4.78 is 5.41. The standard InChI is InChI=1S/C11H17N7O/c1-6(7-2-3-19-5-7)14-9-8-4-13-18-10(8)16-11(15-9)17-12/h4,6-7H,2-3,5,12H2,1H3,(H3,13,14,15,16,17,18). The number of hydrogen-bond acceptors (Lipinski definition) is 7. The highest BCUT2D eigenvalue weighted by molar-refractivity contribution is 5.87. The Morgan fingerprint density at radius 3 is 3.16 bits per heavy atom. The molecule has 8 nitrogen and oxygen atoms in total. The van der Waals surface area contributed by atoms with Gasteiger partial charge in [0.15, 0.2) is 5.65 Å². The Morgan fingerprint density at radius 2 is 2.42 bits per heavy atom. The van der Waals surface area contributed by atoms with Crippen LogP contribution in [0.4, 0.5) is 11.8 Å². The van der Waals surface area contributed by atoms with Gasteiger partial charge in [0.1, 0.15) is 5.82 Å². The molecule has 102 valence electrons. The van der Waals surface area contributed by atoms with Gasteiger partial charge in [-0.1, -0.05) is 0 Å². The Hall–Kier alpha value is -1.93. The molecule has 0 bridgehead atoms. The molecule has 0 spiro atoms. The number of hydrogen-bond donors (Lipinski definition) is 4. The molecule has 2 aromatic heterocycles. The van der Waals surface area contributed by atoms with Crippen LogP contribution >= 0.6 is 0 Å². The first-order valence-corrected chi connectivity index (χ1v) is 6.30. The maximum atomic E-state index is 5.41. The van der Waals surface area contributed by atoms with Crippen LogP contribution in [0.15, 0.2) is 6.20 Å². The van der Waals surface area contributed by atoms with Crippen LogP contribution in [0.1, 0.15) is 13.3 Å². The van der Waals surface area contributed by atoms with Gasteiger partial charge in [-0.3, -0.25) is 10.5 Å². The summed E-state index contributed by atoms with van der Waals surface area (Å²) in [5, 5.41) is 11.1. The van der Waals surface area contributed by atoms with E-state index in [2.05, 4.69) is 37.8 Å². The predicted octanol–water partition coefficient (Wildman–Crippen LogP) is 0.475. The van der Waals surface area contributed by atoms with E-state index in [-0.39, 0.29) is 6.04 Å². The number of nitrogen functional groups attached to an aromatic ring is 1. The van der Waals surface area contributed by atoms with E-state index in [1.165, 1.54) is 0 Å². The van der Waals surface area contributed by atoms with Gasteiger partial charge in [0.2, 0.25) is 5.95 Å². The second-order valence-corrected chi connectivity index (χ2v) is 4.73. The fraction of sp³-hybridized carbons (Fsp3) is 0.545. The minimum absolute atomic E-state index is 0.265. The summed E-state index contributed by atoms with van der Waals surface area (Å²) in [4.78, 5) is 8.53. The van der Waals surface area contributed by atoms with Crippen LogP contribution in [-0.4, -0.2) is 39.4 Å². The summed E-state index contributed by atoms with van der Waals surface area (Å²) >= 11 is 0. The van der Waals surface area contributed by atoms with Crippen molar-refractivity contribution in [2.75, 3.05) is 24.0 Å². The minimum atomic E-state index is 0.265. The molecule has 3 heterocycles. The normalized spacial score (nSPS) is 20.6. The first-order chi connectivity index (χ1) is 9.28. The summed E-state index contributed by atoms with van der Waals surface area (Å²) in [6.07, 6.45) is 2.77. The zero-order valence-corrected chi connectivity index (χ0v) is 10.7. The van der Waals surface area contributed by atoms with Gasteiger partial charge in [0, 0.05) is 18.6 Å². The largest absolute Gasteiger partial charge is 0.381 e. The number of anilines is 2. The van der Waals surface area contributed by atoms with Gasteiger partial charge in [-0.15, -0.1) is 0 Å². The number of ether oxygens (including phenoxy) is 1. The van der Waals surface area contributed by atoms with Gasteiger partial charge in [0.25, 0.3) is 0 Å². The molecule has 0 aromatic carbocycles. The van der Waals surface area contributed by atoms with E-state index in [1.807, 2.05) is 0 Å². The predicted molar refractivity (Wildman–Crippen MR) is 71.5 cm³/mol. The van der Waals surface area contributed by atoms with Crippen LogP contribution in [-0.2, 0) is 4.74 Å². The lowest BCUT2D eigenvalue weighted by Crippen LogP contribution is -2.27. The van der Waals surface area contributed by atoms with E-state index in [0.717, 1.165) is 30.8 Å². The maximum absolute atomic E-state index is 5.41. The van der Waals surface area contributed by atoms with E-state index < -0.39 is 0 Å². The number of fused-ring (bicyclic) bond motifs is 1. The Balaban J connectivity index is 1.88. The second kappa shape index (κ2) is 4.98. The first-order valence-electron chi connectivity index (χ1n) is 6.30. The molecule has 19 heavy (non-hydrogen) atoms. The lowest BCUT2D eigenvalue weighted by Gasteiger charge is -2.20. The van der Waals surface area contributed by atoms with Crippen LogP contribution in [0.25, 0.3) is 11.0 Å². The van der Waals surface area contributed by atoms with E-state index in [1.54, 1.807) is 6.20 Å². The van der Waals surface area contributed by atoms with Crippen molar-refractivity contribution in [3.8, 4) is 0 Å². The third kappa shape index (κ3) is 2.32. The maximum Gasteiger partial charge on any atom is 0.241 e. The topological polar surface area (TPSA) is 114 Å². The summed E-state index contributed by atoms with van der Waals surface area (Å²) in [5.74, 6) is 6.95.